The van der Waals surface area contributed by atoms with Gasteiger partial charge in [-0.05, 0) is 24.6 Å². The maximum atomic E-state index is 11.4. The smallest absolute Gasteiger partial charge is 0.410 e. The topological polar surface area (TPSA) is 64.6 Å². The molecule has 1 atom stereocenters. The minimum absolute atomic E-state index is 0.131. The highest BCUT2D eigenvalue weighted by molar-refractivity contribution is 6.30. The van der Waals surface area contributed by atoms with Crippen molar-refractivity contribution in [3.05, 3.63) is 41.8 Å². The molecule has 1 aromatic carbocycles. The Balaban J connectivity index is 2.26. The van der Waals surface area contributed by atoms with Gasteiger partial charge in [0.2, 0.25) is 6.79 Å². The molecule has 1 amide bonds. The largest absolute Gasteiger partial charge is 0.428 e. The molecule has 0 heterocycles. The lowest BCUT2D eigenvalue weighted by Crippen LogP contribution is -2.29. The molecule has 5 nitrogen and oxygen atoms in total. The van der Waals surface area contributed by atoms with E-state index in [2.05, 4.69) is 12.2 Å². The lowest BCUT2D eigenvalue weighted by atomic mass is 10.0. The van der Waals surface area contributed by atoms with Gasteiger partial charge in [-0.3, -0.25) is 4.79 Å². The molecular weight excluding hydrogens is 294 g/mol. The van der Waals surface area contributed by atoms with Gasteiger partial charge in [-0.2, -0.15) is 0 Å². The van der Waals surface area contributed by atoms with E-state index in [0.717, 1.165) is 5.56 Å². The Morgan fingerprint density at radius 1 is 1.24 bits per heavy atom. The van der Waals surface area contributed by atoms with Gasteiger partial charge in [0.15, 0.2) is 0 Å². The summed E-state index contributed by atoms with van der Waals surface area (Å²) in [5.41, 5.74) is 0.950. The van der Waals surface area contributed by atoms with Crippen LogP contribution in [0.15, 0.2) is 24.3 Å². The van der Waals surface area contributed by atoms with Crippen molar-refractivity contribution in [2.75, 3.05) is 13.3 Å². The Morgan fingerprint density at radius 2 is 1.86 bits per heavy atom. The van der Waals surface area contributed by atoms with Crippen molar-refractivity contribution >= 4 is 23.7 Å². The first-order valence-corrected chi connectivity index (χ1v) is 6.93. The third-order valence-electron chi connectivity index (χ3n) is 2.70. The Kier molecular flexibility index (Phi) is 7.02. The van der Waals surface area contributed by atoms with E-state index in [4.69, 9.17) is 21.1 Å². The summed E-state index contributed by atoms with van der Waals surface area (Å²) < 4.78 is 9.45. The molecule has 0 saturated carbocycles. The van der Waals surface area contributed by atoms with Crippen LogP contribution in [0.2, 0.25) is 5.02 Å². The highest BCUT2D eigenvalue weighted by Gasteiger charge is 2.11. The van der Waals surface area contributed by atoms with E-state index in [1.54, 1.807) is 26.0 Å². The molecule has 0 spiro atoms. The molecule has 0 aliphatic rings. The number of alkyl carbamates (subject to hydrolysis) is 1. The molecule has 0 aromatic heterocycles. The molecule has 0 aliphatic heterocycles. The number of esters is 1. The van der Waals surface area contributed by atoms with Crippen LogP contribution in [0.4, 0.5) is 4.79 Å². The molecule has 1 N–H and O–H groups in total. The quantitative estimate of drug-likeness (QED) is 0.647. The number of amides is 1. The first-order chi connectivity index (χ1) is 9.90. The van der Waals surface area contributed by atoms with Gasteiger partial charge in [0.1, 0.15) is 0 Å². The summed E-state index contributed by atoms with van der Waals surface area (Å²) in [6.45, 7) is 7.24. The van der Waals surface area contributed by atoms with E-state index in [9.17, 15) is 9.59 Å². The van der Waals surface area contributed by atoms with Crippen LogP contribution in [0.3, 0.4) is 0 Å². The predicted octanol–water partition coefficient (Wildman–Crippen LogP) is 3.14. The lowest BCUT2D eigenvalue weighted by molar-refractivity contribution is -0.155. The summed E-state index contributed by atoms with van der Waals surface area (Å²) in [5, 5.41) is 3.19. The van der Waals surface area contributed by atoms with Gasteiger partial charge in [0.05, 0.1) is 5.92 Å². The summed E-state index contributed by atoms with van der Waals surface area (Å²) >= 11 is 5.80. The maximum absolute atomic E-state index is 11.4. The highest BCUT2D eigenvalue weighted by atomic mass is 35.5. The molecule has 0 saturated heterocycles. The monoisotopic (exact) mass is 312 g/mol. The Hall–Kier alpha value is -1.75. The zero-order valence-electron chi connectivity index (χ0n) is 12.1. The van der Waals surface area contributed by atoms with Gasteiger partial charge in [-0.25, -0.2) is 4.79 Å². The number of halogens is 1. The van der Waals surface area contributed by atoms with Crippen LogP contribution in [-0.2, 0) is 14.3 Å². The van der Waals surface area contributed by atoms with Gasteiger partial charge in [0.25, 0.3) is 0 Å². The summed E-state index contributed by atoms with van der Waals surface area (Å²) in [6, 6.07) is 7.21. The van der Waals surface area contributed by atoms with Crippen molar-refractivity contribution in [3.8, 4) is 0 Å². The number of carbonyl (C=O) groups is 2. The maximum Gasteiger partial charge on any atom is 0.410 e. The first kappa shape index (κ1) is 17.3. The second kappa shape index (κ2) is 8.52. The molecule has 115 valence electrons. The van der Waals surface area contributed by atoms with Gasteiger partial charge < -0.3 is 14.8 Å². The normalized spacial score (nSPS) is 11.9. The van der Waals surface area contributed by atoms with Gasteiger partial charge in [-0.15, -0.1) is 0 Å². The summed E-state index contributed by atoms with van der Waals surface area (Å²) in [5.74, 6) is -0.808. The zero-order valence-corrected chi connectivity index (χ0v) is 12.9. The van der Waals surface area contributed by atoms with Crippen LogP contribution in [0.25, 0.3) is 0 Å². The Bertz CT molecular complexity index is 473. The van der Waals surface area contributed by atoms with E-state index in [1.807, 2.05) is 12.1 Å². The van der Waals surface area contributed by atoms with Gasteiger partial charge in [-0.1, -0.05) is 37.6 Å². The first-order valence-electron chi connectivity index (χ1n) is 6.56. The summed E-state index contributed by atoms with van der Waals surface area (Å²) in [4.78, 5) is 22.6. The minimum atomic E-state index is -0.658. The summed E-state index contributed by atoms with van der Waals surface area (Å²) in [6.07, 6.45) is -0.658. The van der Waals surface area contributed by atoms with Crippen molar-refractivity contribution in [1.82, 2.24) is 5.32 Å². The Morgan fingerprint density at radius 3 is 2.43 bits per heavy atom. The minimum Gasteiger partial charge on any atom is -0.428 e. The van der Waals surface area contributed by atoms with Gasteiger partial charge in [0, 0.05) is 17.5 Å². The van der Waals surface area contributed by atoms with E-state index in [0.29, 0.717) is 11.6 Å². The number of rotatable bonds is 6. The van der Waals surface area contributed by atoms with Crippen molar-refractivity contribution in [1.29, 1.82) is 0 Å². The molecule has 1 radical (unpaired) electrons. The molecule has 0 aliphatic carbocycles. The van der Waals surface area contributed by atoms with Gasteiger partial charge >= 0.3 is 12.1 Å². The number of ether oxygens (including phenoxy) is 2. The number of benzene rings is 1. The fourth-order valence-electron chi connectivity index (χ4n) is 1.42. The molecule has 0 fully saturated rings. The molecule has 0 unspecified atom stereocenters. The van der Waals surface area contributed by atoms with E-state index < -0.39 is 18.9 Å². The SMILES string of the molecule is [CH2][C@@H](CNC(=O)OCOC(=O)C(C)C)c1ccc(Cl)cc1. The number of hydrogen-bond acceptors (Lipinski definition) is 4. The van der Waals surface area contributed by atoms with Crippen LogP contribution < -0.4 is 5.32 Å². The van der Waals surface area contributed by atoms with E-state index in [1.165, 1.54) is 0 Å². The lowest BCUT2D eigenvalue weighted by Gasteiger charge is -2.13. The standard InChI is InChI=1S/C15H19ClNO4/c1-10(2)14(18)20-9-21-15(19)17-8-11(3)12-4-6-13(16)7-5-12/h4-7,10-11H,3,8-9H2,1-2H3,(H,17,19)/t11-/m0/s1. The van der Waals surface area contributed by atoms with E-state index in [-0.39, 0.29) is 11.8 Å². The molecular formula is C15H19ClNO4. The number of hydrogen-bond donors (Lipinski definition) is 1. The molecule has 1 rings (SSSR count). The molecule has 0 bridgehead atoms. The average Bonchev–Trinajstić information content (AvgIpc) is 2.45. The molecule has 1 aromatic rings. The second-order valence-corrected chi connectivity index (χ2v) is 5.23. The molecule has 6 heteroatoms. The second-order valence-electron chi connectivity index (χ2n) is 4.80. The number of carbonyl (C=O) groups excluding carboxylic acids is 2. The highest BCUT2D eigenvalue weighted by Crippen LogP contribution is 2.16. The van der Waals surface area contributed by atoms with E-state index >= 15 is 0 Å². The van der Waals surface area contributed by atoms with Crippen molar-refractivity contribution in [2.24, 2.45) is 5.92 Å². The van der Waals surface area contributed by atoms with Crippen LogP contribution in [-0.4, -0.2) is 25.4 Å². The third kappa shape index (κ3) is 6.49. The van der Waals surface area contributed by atoms with Crippen LogP contribution in [0.1, 0.15) is 25.3 Å². The van der Waals surface area contributed by atoms with Crippen LogP contribution >= 0.6 is 11.6 Å². The average molecular weight is 313 g/mol. The van der Waals surface area contributed by atoms with Crippen LogP contribution in [0, 0.1) is 12.8 Å². The third-order valence-corrected chi connectivity index (χ3v) is 2.95. The predicted molar refractivity (Wildman–Crippen MR) is 79.8 cm³/mol. The van der Waals surface area contributed by atoms with Crippen molar-refractivity contribution in [3.63, 3.8) is 0 Å². The molecule has 21 heavy (non-hydrogen) atoms. The van der Waals surface area contributed by atoms with Crippen LogP contribution in [0.5, 0.6) is 0 Å². The van der Waals surface area contributed by atoms with Crippen molar-refractivity contribution in [2.45, 2.75) is 19.8 Å². The number of nitrogens with one attached hydrogen (secondary N) is 1. The van der Waals surface area contributed by atoms with Crippen molar-refractivity contribution < 1.29 is 19.1 Å². The fourth-order valence-corrected chi connectivity index (χ4v) is 1.54. The summed E-state index contributed by atoms with van der Waals surface area (Å²) in [7, 11) is 0. The fraction of sp³-hybridized carbons (Fsp3) is 0.400. The zero-order chi connectivity index (χ0) is 15.8. The Labute approximate surface area is 129 Å².